The second-order valence-corrected chi connectivity index (χ2v) is 5.13. The van der Waals surface area contributed by atoms with Crippen molar-refractivity contribution in [3.8, 4) is 0 Å². The van der Waals surface area contributed by atoms with E-state index in [-0.39, 0.29) is 11.5 Å². The first-order valence-corrected chi connectivity index (χ1v) is 6.56. The van der Waals surface area contributed by atoms with E-state index < -0.39 is 5.97 Å². The Morgan fingerprint density at radius 3 is 2.79 bits per heavy atom. The molecule has 104 valence electrons. The third-order valence-electron chi connectivity index (χ3n) is 3.77. The lowest BCUT2D eigenvalue weighted by molar-refractivity contribution is -0.143. The number of carboxylic acids is 1. The van der Waals surface area contributed by atoms with E-state index in [0.717, 1.165) is 25.7 Å². The maximum atomic E-state index is 11.7. The van der Waals surface area contributed by atoms with Gasteiger partial charge in [-0.15, -0.1) is 0 Å². The van der Waals surface area contributed by atoms with Crippen LogP contribution in [0.2, 0.25) is 0 Å². The van der Waals surface area contributed by atoms with Gasteiger partial charge in [-0.2, -0.15) is 0 Å². The summed E-state index contributed by atoms with van der Waals surface area (Å²) in [5, 5.41) is 12.0. The Morgan fingerprint density at radius 1 is 1.47 bits per heavy atom. The van der Waals surface area contributed by atoms with Crippen LogP contribution in [-0.4, -0.2) is 27.2 Å². The van der Waals surface area contributed by atoms with Gasteiger partial charge >= 0.3 is 5.97 Å². The van der Waals surface area contributed by atoms with Crippen molar-refractivity contribution < 1.29 is 9.90 Å². The maximum absolute atomic E-state index is 11.7. The van der Waals surface area contributed by atoms with E-state index in [1.165, 1.54) is 4.57 Å². The first-order valence-electron chi connectivity index (χ1n) is 6.56. The topological polar surface area (TPSA) is 84.2 Å². The van der Waals surface area contributed by atoms with Crippen molar-refractivity contribution in [1.82, 2.24) is 9.55 Å². The van der Waals surface area contributed by atoms with Crippen LogP contribution in [-0.2, 0) is 11.8 Å². The lowest BCUT2D eigenvalue weighted by Crippen LogP contribution is -2.28. The van der Waals surface area contributed by atoms with Crippen molar-refractivity contribution in [3.05, 3.63) is 22.7 Å². The van der Waals surface area contributed by atoms with Gasteiger partial charge in [-0.3, -0.25) is 9.59 Å². The van der Waals surface area contributed by atoms with E-state index in [0.29, 0.717) is 18.3 Å². The van der Waals surface area contributed by atoms with Gasteiger partial charge in [-0.1, -0.05) is 0 Å². The van der Waals surface area contributed by atoms with Gasteiger partial charge in [0.05, 0.1) is 5.92 Å². The second-order valence-electron chi connectivity index (χ2n) is 5.13. The zero-order valence-electron chi connectivity index (χ0n) is 11.0. The summed E-state index contributed by atoms with van der Waals surface area (Å²) < 4.78 is 1.48. The number of anilines is 1. The number of nitrogens with one attached hydrogen (secondary N) is 1. The molecule has 19 heavy (non-hydrogen) atoms. The van der Waals surface area contributed by atoms with E-state index in [1.54, 1.807) is 19.4 Å². The van der Waals surface area contributed by atoms with Gasteiger partial charge in [0, 0.05) is 26.0 Å². The van der Waals surface area contributed by atoms with Crippen LogP contribution >= 0.6 is 0 Å². The first kappa shape index (κ1) is 13.6. The fourth-order valence-electron chi connectivity index (χ4n) is 2.47. The lowest BCUT2D eigenvalue weighted by Gasteiger charge is -2.26. The molecule has 0 aliphatic heterocycles. The summed E-state index contributed by atoms with van der Waals surface area (Å²) >= 11 is 0. The van der Waals surface area contributed by atoms with Crippen LogP contribution in [0.1, 0.15) is 25.7 Å². The summed E-state index contributed by atoms with van der Waals surface area (Å²) in [4.78, 5) is 26.6. The lowest BCUT2D eigenvalue weighted by atomic mass is 9.82. The molecule has 2 rings (SSSR count). The van der Waals surface area contributed by atoms with Gasteiger partial charge in [0.25, 0.3) is 5.56 Å². The number of nitrogens with zero attached hydrogens (tertiary/aromatic N) is 2. The molecule has 1 saturated carbocycles. The molecule has 0 unspecified atom stereocenters. The maximum Gasteiger partial charge on any atom is 0.306 e. The van der Waals surface area contributed by atoms with Gasteiger partial charge < -0.3 is 15.0 Å². The van der Waals surface area contributed by atoms with E-state index in [2.05, 4.69) is 10.3 Å². The van der Waals surface area contributed by atoms with Crippen LogP contribution in [0.3, 0.4) is 0 Å². The summed E-state index contributed by atoms with van der Waals surface area (Å²) in [6.07, 6.45) is 6.43. The molecule has 0 saturated heterocycles. The molecule has 1 heterocycles. The van der Waals surface area contributed by atoms with Crippen molar-refractivity contribution in [2.75, 3.05) is 11.9 Å². The number of carbonyl (C=O) groups is 1. The Bertz CT molecular complexity index is 504. The van der Waals surface area contributed by atoms with Crippen LogP contribution in [0.15, 0.2) is 17.2 Å². The number of hydrogen-bond donors (Lipinski definition) is 2. The molecular weight excluding hydrogens is 246 g/mol. The number of aryl methyl sites for hydroxylation is 1. The number of carboxylic acid groups (broad SMARTS) is 1. The average Bonchev–Trinajstić information content (AvgIpc) is 2.41. The molecule has 1 fully saturated rings. The standard InChI is InChI=1S/C13H19N3O3/c1-16-7-6-14-11(12(16)17)15-8-9-2-4-10(5-3-9)13(18)19/h6-7,9-10H,2-5,8H2,1H3,(H,14,15)(H,18,19). The second kappa shape index (κ2) is 5.86. The van der Waals surface area contributed by atoms with E-state index in [9.17, 15) is 9.59 Å². The molecule has 0 aromatic carbocycles. The Hall–Kier alpha value is -1.85. The SMILES string of the molecule is Cn1ccnc(NCC2CCC(C(=O)O)CC2)c1=O. The molecule has 0 radical (unpaired) electrons. The molecule has 6 nitrogen and oxygen atoms in total. The normalized spacial score (nSPS) is 23.0. The Balaban J connectivity index is 1.86. The molecule has 1 aliphatic rings. The van der Waals surface area contributed by atoms with Gasteiger partial charge in [-0.05, 0) is 31.6 Å². The highest BCUT2D eigenvalue weighted by Gasteiger charge is 2.25. The van der Waals surface area contributed by atoms with Gasteiger partial charge in [-0.25, -0.2) is 4.98 Å². The first-order chi connectivity index (χ1) is 9.08. The van der Waals surface area contributed by atoms with Gasteiger partial charge in [0.15, 0.2) is 5.82 Å². The van der Waals surface area contributed by atoms with Crippen molar-refractivity contribution in [3.63, 3.8) is 0 Å². The molecule has 0 amide bonds. The summed E-state index contributed by atoms with van der Waals surface area (Å²) in [6, 6.07) is 0. The third kappa shape index (κ3) is 3.33. The van der Waals surface area contributed by atoms with E-state index in [1.807, 2.05) is 0 Å². The van der Waals surface area contributed by atoms with Crippen molar-refractivity contribution in [2.24, 2.45) is 18.9 Å². The van der Waals surface area contributed by atoms with E-state index >= 15 is 0 Å². The van der Waals surface area contributed by atoms with Gasteiger partial charge in [0.1, 0.15) is 0 Å². The Labute approximate surface area is 111 Å². The molecule has 0 bridgehead atoms. The fraction of sp³-hybridized carbons (Fsp3) is 0.615. The van der Waals surface area contributed by atoms with Crippen LogP contribution in [0, 0.1) is 11.8 Å². The number of hydrogen-bond acceptors (Lipinski definition) is 4. The van der Waals surface area contributed by atoms with Crippen LogP contribution < -0.4 is 10.9 Å². The zero-order valence-corrected chi connectivity index (χ0v) is 11.0. The van der Waals surface area contributed by atoms with Crippen LogP contribution in [0.25, 0.3) is 0 Å². The molecule has 1 aromatic rings. The van der Waals surface area contributed by atoms with Crippen LogP contribution in [0.5, 0.6) is 0 Å². The van der Waals surface area contributed by atoms with Crippen molar-refractivity contribution in [1.29, 1.82) is 0 Å². The quantitative estimate of drug-likeness (QED) is 0.851. The third-order valence-corrected chi connectivity index (χ3v) is 3.77. The van der Waals surface area contributed by atoms with Crippen molar-refractivity contribution in [2.45, 2.75) is 25.7 Å². The molecule has 1 aromatic heterocycles. The molecule has 0 atom stereocenters. The minimum Gasteiger partial charge on any atom is -0.481 e. The zero-order chi connectivity index (χ0) is 13.8. The number of aromatic nitrogens is 2. The monoisotopic (exact) mass is 265 g/mol. The Morgan fingerprint density at radius 2 is 2.16 bits per heavy atom. The summed E-state index contributed by atoms with van der Waals surface area (Å²) in [7, 11) is 1.69. The fourth-order valence-corrected chi connectivity index (χ4v) is 2.47. The molecule has 6 heteroatoms. The van der Waals surface area contributed by atoms with Gasteiger partial charge in [0.2, 0.25) is 0 Å². The molecule has 1 aliphatic carbocycles. The van der Waals surface area contributed by atoms with Crippen LogP contribution in [0.4, 0.5) is 5.82 Å². The predicted octanol–water partition coefficient (Wildman–Crippen LogP) is 1.08. The molecule has 2 N–H and O–H groups in total. The summed E-state index contributed by atoms with van der Waals surface area (Å²) in [5.74, 6) is -0.100. The highest BCUT2D eigenvalue weighted by atomic mass is 16.4. The highest BCUT2D eigenvalue weighted by Crippen LogP contribution is 2.28. The number of aliphatic carboxylic acids is 1. The number of rotatable bonds is 4. The largest absolute Gasteiger partial charge is 0.481 e. The molecule has 0 spiro atoms. The minimum atomic E-state index is -0.690. The molecular formula is C13H19N3O3. The smallest absolute Gasteiger partial charge is 0.306 e. The highest BCUT2D eigenvalue weighted by molar-refractivity contribution is 5.69. The Kier molecular flexibility index (Phi) is 4.19. The van der Waals surface area contributed by atoms with Crippen molar-refractivity contribution >= 4 is 11.8 Å². The average molecular weight is 265 g/mol. The minimum absolute atomic E-state index is 0.137. The summed E-state index contributed by atoms with van der Waals surface area (Å²) in [5.41, 5.74) is -0.137. The predicted molar refractivity (Wildman–Crippen MR) is 71.1 cm³/mol. The van der Waals surface area contributed by atoms with E-state index in [4.69, 9.17) is 5.11 Å². The summed E-state index contributed by atoms with van der Waals surface area (Å²) in [6.45, 7) is 0.679.